The number of fused-ring (bicyclic) bond motifs is 1. The van der Waals surface area contributed by atoms with Crippen LogP contribution in [0.15, 0.2) is 0 Å². The van der Waals surface area contributed by atoms with Gasteiger partial charge in [-0.3, -0.25) is 0 Å². The molecule has 0 radical (unpaired) electrons. The quantitative estimate of drug-likeness (QED) is 0.766. The van der Waals surface area contributed by atoms with Gasteiger partial charge < -0.3 is 10.2 Å². The fourth-order valence-electron chi connectivity index (χ4n) is 2.04. The molecule has 16 heavy (non-hydrogen) atoms. The van der Waals surface area contributed by atoms with Gasteiger partial charge in [-0.05, 0) is 52.9 Å². The fraction of sp³-hybridized carbons (Fsp3) is 0.750. The molecule has 0 atom stereocenters. The first-order valence-corrected chi connectivity index (χ1v) is 6.90. The van der Waals surface area contributed by atoms with Crippen LogP contribution in [0.1, 0.15) is 28.4 Å². The lowest BCUT2D eigenvalue weighted by atomic mass is 10.4. The van der Waals surface area contributed by atoms with Crippen molar-refractivity contribution in [3.05, 3.63) is 15.6 Å². The molecule has 0 aromatic carbocycles. The highest BCUT2D eigenvalue weighted by Crippen LogP contribution is 2.27. The molecule has 1 aliphatic rings. The molecule has 0 spiro atoms. The molecule has 1 aromatic heterocycles. The molecular weight excluding hydrogens is 218 g/mol. The highest BCUT2D eigenvalue weighted by atomic mass is 32.1. The van der Waals surface area contributed by atoms with Gasteiger partial charge in [-0.25, -0.2) is 4.98 Å². The molecule has 2 rings (SSSR count). The van der Waals surface area contributed by atoms with Gasteiger partial charge in [0.1, 0.15) is 5.01 Å². The second kappa shape index (κ2) is 5.75. The van der Waals surface area contributed by atoms with Gasteiger partial charge in [0.2, 0.25) is 0 Å². The van der Waals surface area contributed by atoms with E-state index in [1.807, 2.05) is 11.3 Å². The Labute approximate surface area is 102 Å². The highest BCUT2D eigenvalue weighted by molar-refractivity contribution is 7.11. The van der Waals surface area contributed by atoms with Gasteiger partial charge in [0.15, 0.2) is 0 Å². The SMILES string of the molecule is CN(C)CCCNCc1nc2c(s1)CCC2. The number of hydrogen-bond acceptors (Lipinski definition) is 4. The summed E-state index contributed by atoms with van der Waals surface area (Å²) in [5.41, 5.74) is 1.37. The molecule has 0 bridgehead atoms. The number of aryl methyl sites for hydroxylation is 2. The molecule has 4 heteroatoms. The molecule has 3 nitrogen and oxygen atoms in total. The van der Waals surface area contributed by atoms with Gasteiger partial charge in [0.25, 0.3) is 0 Å². The Morgan fingerprint density at radius 2 is 2.25 bits per heavy atom. The van der Waals surface area contributed by atoms with Gasteiger partial charge in [-0.2, -0.15) is 0 Å². The van der Waals surface area contributed by atoms with Gasteiger partial charge in [-0.15, -0.1) is 11.3 Å². The van der Waals surface area contributed by atoms with Gasteiger partial charge in [-0.1, -0.05) is 0 Å². The average Bonchev–Trinajstić information content (AvgIpc) is 2.76. The number of aromatic nitrogens is 1. The van der Waals surface area contributed by atoms with E-state index in [1.54, 1.807) is 0 Å². The zero-order valence-electron chi connectivity index (χ0n) is 10.3. The summed E-state index contributed by atoms with van der Waals surface area (Å²) in [6, 6.07) is 0. The Morgan fingerprint density at radius 1 is 1.38 bits per heavy atom. The first-order chi connectivity index (χ1) is 7.75. The molecule has 1 aromatic rings. The molecule has 90 valence electrons. The molecule has 0 saturated carbocycles. The van der Waals surface area contributed by atoms with Crippen molar-refractivity contribution < 1.29 is 0 Å². The minimum absolute atomic E-state index is 0.949. The van der Waals surface area contributed by atoms with Crippen molar-refractivity contribution in [1.82, 2.24) is 15.2 Å². The average molecular weight is 239 g/mol. The van der Waals surface area contributed by atoms with E-state index in [0.29, 0.717) is 0 Å². The summed E-state index contributed by atoms with van der Waals surface area (Å²) in [5, 5.41) is 4.74. The predicted molar refractivity (Wildman–Crippen MR) is 69.0 cm³/mol. The number of nitrogens with zero attached hydrogens (tertiary/aromatic N) is 2. The second-order valence-corrected chi connectivity index (χ2v) is 5.83. The van der Waals surface area contributed by atoms with E-state index in [2.05, 4.69) is 29.3 Å². The summed E-state index contributed by atoms with van der Waals surface area (Å²) in [6.45, 7) is 3.19. The highest BCUT2D eigenvalue weighted by Gasteiger charge is 2.15. The zero-order valence-corrected chi connectivity index (χ0v) is 11.1. The van der Waals surface area contributed by atoms with Crippen LogP contribution in [0.5, 0.6) is 0 Å². The summed E-state index contributed by atoms with van der Waals surface area (Å²) < 4.78 is 0. The maximum atomic E-state index is 4.67. The van der Waals surface area contributed by atoms with Crippen molar-refractivity contribution in [3.8, 4) is 0 Å². The van der Waals surface area contributed by atoms with E-state index in [4.69, 9.17) is 0 Å². The number of thiazole rings is 1. The normalized spacial score (nSPS) is 14.7. The van der Waals surface area contributed by atoms with Crippen LogP contribution >= 0.6 is 11.3 Å². The lowest BCUT2D eigenvalue weighted by Crippen LogP contribution is -2.20. The second-order valence-electron chi connectivity index (χ2n) is 4.66. The Bertz CT molecular complexity index is 312. The van der Waals surface area contributed by atoms with Crippen molar-refractivity contribution in [3.63, 3.8) is 0 Å². The molecule has 1 heterocycles. The van der Waals surface area contributed by atoms with E-state index in [1.165, 1.54) is 41.3 Å². The smallest absolute Gasteiger partial charge is 0.107 e. The lowest BCUT2D eigenvalue weighted by Gasteiger charge is -2.08. The van der Waals surface area contributed by atoms with Crippen LogP contribution in [-0.4, -0.2) is 37.1 Å². The molecule has 0 amide bonds. The minimum Gasteiger partial charge on any atom is -0.310 e. The van der Waals surface area contributed by atoms with E-state index in [-0.39, 0.29) is 0 Å². The summed E-state index contributed by atoms with van der Waals surface area (Å²) >= 11 is 1.90. The standard InChI is InChI=1S/C12H21N3S/c1-15(2)8-4-7-13-9-12-14-10-5-3-6-11(10)16-12/h13H,3-9H2,1-2H3. The van der Waals surface area contributed by atoms with Crippen LogP contribution in [-0.2, 0) is 19.4 Å². The van der Waals surface area contributed by atoms with Crippen LogP contribution in [0, 0.1) is 0 Å². The summed E-state index contributed by atoms with van der Waals surface area (Å²) in [6.07, 6.45) is 4.98. The topological polar surface area (TPSA) is 28.2 Å². The van der Waals surface area contributed by atoms with E-state index < -0.39 is 0 Å². The summed E-state index contributed by atoms with van der Waals surface area (Å²) in [4.78, 5) is 8.42. The molecule has 0 fully saturated rings. The number of hydrogen-bond donors (Lipinski definition) is 1. The lowest BCUT2D eigenvalue weighted by molar-refractivity contribution is 0.394. The maximum Gasteiger partial charge on any atom is 0.107 e. The van der Waals surface area contributed by atoms with E-state index >= 15 is 0 Å². The van der Waals surface area contributed by atoms with Gasteiger partial charge >= 0.3 is 0 Å². The molecule has 1 aliphatic carbocycles. The van der Waals surface area contributed by atoms with E-state index in [9.17, 15) is 0 Å². The van der Waals surface area contributed by atoms with Crippen LogP contribution in [0.2, 0.25) is 0 Å². The first-order valence-electron chi connectivity index (χ1n) is 6.08. The third-order valence-electron chi connectivity index (χ3n) is 2.88. The van der Waals surface area contributed by atoms with Crippen LogP contribution in [0.25, 0.3) is 0 Å². The van der Waals surface area contributed by atoms with Crippen molar-refractivity contribution in [2.24, 2.45) is 0 Å². The Balaban J connectivity index is 1.66. The van der Waals surface area contributed by atoms with Crippen molar-refractivity contribution in [1.29, 1.82) is 0 Å². The van der Waals surface area contributed by atoms with Gasteiger partial charge in [0.05, 0.1) is 5.69 Å². The first kappa shape index (κ1) is 12.0. The third kappa shape index (κ3) is 3.27. The van der Waals surface area contributed by atoms with Gasteiger partial charge in [0, 0.05) is 11.4 Å². The Hall–Kier alpha value is -0.450. The fourth-order valence-corrected chi connectivity index (χ4v) is 3.16. The Morgan fingerprint density at radius 3 is 3.00 bits per heavy atom. The molecule has 0 saturated heterocycles. The summed E-state index contributed by atoms with van der Waals surface area (Å²) in [5.74, 6) is 0. The van der Waals surface area contributed by atoms with E-state index in [0.717, 1.165) is 19.6 Å². The number of nitrogens with one attached hydrogen (secondary N) is 1. The van der Waals surface area contributed by atoms with Crippen molar-refractivity contribution in [2.75, 3.05) is 27.2 Å². The maximum absolute atomic E-state index is 4.67. The molecular formula is C12H21N3S. The van der Waals surface area contributed by atoms with Crippen LogP contribution in [0.4, 0.5) is 0 Å². The Kier molecular flexibility index (Phi) is 4.32. The molecule has 0 unspecified atom stereocenters. The molecule has 1 N–H and O–H groups in total. The zero-order chi connectivity index (χ0) is 11.4. The predicted octanol–water partition coefficient (Wildman–Crippen LogP) is 1.67. The molecule has 0 aliphatic heterocycles. The van der Waals surface area contributed by atoms with Crippen molar-refractivity contribution >= 4 is 11.3 Å². The minimum atomic E-state index is 0.949. The monoisotopic (exact) mass is 239 g/mol. The summed E-state index contributed by atoms with van der Waals surface area (Å²) in [7, 11) is 4.23. The largest absolute Gasteiger partial charge is 0.310 e. The third-order valence-corrected chi connectivity index (χ3v) is 4.03. The number of rotatable bonds is 6. The van der Waals surface area contributed by atoms with Crippen molar-refractivity contribution in [2.45, 2.75) is 32.2 Å². The van der Waals surface area contributed by atoms with Crippen LogP contribution in [0.3, 0.4) is 0 Å². The van der Waals surface area contributed by atoms with Crippen LogP contribution < -0.4 is 5.32 Å².